The number of carbonyl (C=O) groups is 2. The fourth-order valence-electron chi connectivity index (χ4n) is 2.03. The lowest BCUT2D eigenvalue weighted by molar-refractivity contribution is -0.134. The van der Waals surface area contributed by atoms with E-state index in [-0.39, 0.29) is 0 Å². The summed E-state index contributed by atoms with van der Waals surface area (Å²) in [6.07, 6.45) is 9.16. The standard InChI is InChI=1S/C13H20O.C2H4O2/c1-3-5-6-8-12-11(7-4-2)9-10-13(12)14;1-2(3)4/h4H,2-3,5-10H2,1H3;1H3,(H,3,4). The molecule has 0 aromatic carbocycles. The van der Waals surface area contributed by atoms with Crippen LogP contribution >= 0.6 is 0 Å². The van der Waals surface area contributed by atoms with Gasteiger partial charge in [0.05, 0.1) is 0 Å². The van der Waals surface area contributed by atoms with Gasteiger partial charge in [-0.2, -0.15) is 0 Å². The molecule has 3 nitrogen and oxygen atoms in total. The van der Waals surface area contributed by atoms with Crippen molar-refractivity contribution in [1.29, 1.82) is 0 Å². The molecule has 0 radical (unpaired) electrons. The van der Waals surface area contributed by atoms with Gasteiger partial charge in [-0.25, -0.2) is 0 Å². The smallest absolute Gasteiger partial charge is 0.300 e. The zero-order valence-corrected chi connectivity index (χ0v) is 11.5. The number of Topliss-reactive ketones (excluding diaryl/α,β-unsaturated/α-hetero) is 1. The summed E-state index contributed by atoms with van der Waals surface area (Å²) >= 11 is 0. The monoisotopic (exact) mass is 252 g/mol. The van der Waals surface area contributed by atoms with Gasteiger partial charge in [-0.05, 0) is 31.3 Å². The van der Waals surface area contributed by atoms with Crippen LogP contribution in [0.1, 0.15) is 58.8 Å². The van der Waals surface area contributed by atoms with Gasteiger partial charge < -0.3 is 5.11 Å². The number of carboxylic acids is 1. The number of rotatable bonds is 6. The van der Waals surface area contributed by atoms with Gasteiger partial charge in [0, 0.05) is 13.3 Å². The number of unbranched alkanes of at least 4 members (excludes halogenated alkanes) is 2. The summed E-state index contributed by atoms with van der Waals surface area (Å²) < 4.78 is 0. The third-order valence-corrected chi connectivity index (χ3v) is 2.84. The zero-order chi connectivity index (χ0) is 14.0. The molecule has 0 bridgehead atoms. The molecule has 0 aromatic rings. The molecule has 102 valence electrons. The Kier molecular flexibility index (Phi) is 8.89. The molecule has 18 heavy (non-hydrogen) atoms. The summed E-state index contributed by atoms with van der Waals surface area (Å²) in [6, 6.07) is 0. The quantitative estimate of drug-likeness (QED) is 0.576. The molecule has 0 saturated carbocycles. The Morgan fingerprint density at radius 1 is 1.39 bits per heavy atom. The first-order chi connectivity index (χ1) is 8.52. The van der Waals surface area contributed by atoms with E-state index >= 15 is 0 Å². The van der Waals surface area contributed by atoms with Crippen molar-refractivity contribution in [2.24, 2.45) is 0 Å². The molecule has 0 unspecified atom stereocenters. The second-order valence-corrected chi connectivity index (χ2v) is 4.47. The second-order valence-electron chi connectivity index (χ2n) is 4.47. The minimum absolute atomic E-state index is 0.387. The summed E-state index contributed by atoms with van der Waals surface area (Å²) in [5.74, 6) is -0.446. The number of allylic oxidation sites excluding steroid dienone is 3. The van der Waals surface area contributed by atoms with Crippen LogP contribution in [0.25, 0.3) is 0 Å². The van der Waals surface area contributed by atoms with Crippen molar-refractivity contribution in [3.8, 4) is 0 Å². The third-order valence-electron chi connectivity index (χ3n) is 2.84. The maximum absolute atomic E-state index is 11.6. The minimum atomic E-state index is -0.833. The van der Waals surface area contributed by atoms with Gasteiger partial charge in [-0.15, -0.1) is 6.58 Å². The fourth-order valence-corrected chi connectivity index (χ4v) is 2.03. The molecule has 0 fully saturated rings. The Morgan fingerprint density at radius 3 is 2.50 bits per heavy atom. The predicted molar refractivity (Wildman–Crippen MR) is 73.5 cm³/mol. The summed E-state index contributed by atoms with van der Waals surface area (Å²) in [6.45, 7) is 7.01. The average molecular weight is 252 g/mol. The maximum Gasteiger partial charge on any atom is 0.300 e. The molecule has 1 aliphatic carbocycles. The van der Waals surface area contributed by atoms with E-state index in [1.165, 1.54) is 18.4 Å². The number of ketones is 1. The summed E-state index contributed by atoms with van der Waals surface area (Å²) in [5.41, 5.74) is 2.47. The fraction of sp³-hybridized carbons (Fsp3) is 0.600. The van der Waals surface area contributed by atoms with Gasteiger partial charge in [0.2, 0.25) is 0 Å². The Morgan fingerprint density at radius 2 is 2.00 bits per heavy atom. The van der Waals surface area contributed by atoms with Gasteiger partial charge in [-0.3, -0.25) is 9.59 Å². The van der Waals surface area contributed by atoms with Crippen LogP contribution in [0.4, 0.5) is 0 Å². The van der Waals surface area contributed by atoms with Gasteiger partial charge in [0.15, 0.2) is 5.78 Å². The number of carboxylic acid groups (broad SMARTS) is 1. The third kappa shape index (κ3) is 7.05. The number of hydrogen-bond donors (Lipinski definition) is 1. The van der Waals surface area contributed by atoms with Crippen LogP contribution in [0.2, 0.25) is 0 Å². The van der Waals surface area contributed by atoms with Crippen molar-refractivity contribution < 1.29 is 14.7 Å². The molecule has 0 heterocycles. The normalized spacial score (nSPS) is 14.2. The first-order valence-corrected chi connectivity index (χ1v) is 6.57. The second kappa shape index (κ2) is 9.63. The molecule has 0 aromatic heterocycles. The van der Waals surface area contributed by atoms with Gasteiger partial charge in [0.25, 0.3) is 5.97 Å². The van der Waals surface area contributed by atoms with Crippen LogP contribution in [0.15, 0.2) is 23.8 Å². The Bertz CT molecular complexity index is 323. The average Bonchev–Trinajstić information content (AvgIpc) is 2.61. The highest BCUT2D eigenvalue weighted by molar-refractivity contribution is 5.98. The van der Waals surface area contributed by atoms with Crippen LogP contribution in [-0.4, -0.2) is 16.9 Å². The molecule has 0 amide bonds. The van der Waals surface area contributed by atoms with Gasteiger partial charge >= 0.3 is 0 Å². The van der Waals surface area contributed by atoms with Crippen molar-refractivity contribution in [3.05, 3.63) is 23.8 Å². The molecule has 3 heteroatoms. The van der Waals surface area contributed by atoms with E-state index in [0.29, 0.717) is 5.78 Å². The van der Waals surface area contributed by atoms with Crippen molar-refractivity contribution in [1.82, 2.24) is 0 Å². The van der Waals surface area contributed by atoms with Gasteiger partial charge in [-0.1, -0.05) is 31.4 Å². The van der Waals surface area contributed by atoms with E-state index in [2.05, 4.69) is 13.5 Å². The molecular formula is C15H24O3. The molecule has 0 atom stereocenters. The number of carbonyl (C=O) groups excluding carboxylic acids is 1. The number of aliphatic carboxylic acids is 1. The SMILES string of the molecule is C=CCC1=C(CCCCC)C(=O)CC1.CC(=O)O. The summed E-state index contributed by atoms with van der Waals surface area (Å²) in [5, 5.41) is 7.42. The van der Waals surface area contributed by atoms with E-state index in [9.17, 15) is 4.79 Å². The highest BCUT2D eigenvalue weighted by Gasteiger charge is 2.20. The van der Waals surface area contributed by atoms with E-state index in [0.717, 1.165) is 44.6 Å². The maximum atomic E-state index is 11.6. The Labute approximate surface area is 110 Å². The lowest BCUT2D eigenvalue weighted by Gasteiger charge is -2.03. The highest BCUT2D eigenvalue weighted by Crippen LogP contribution is 2.29. The molecule has 1 N–H and O–H groups in total. The van der Waals surface area contributed by atoms with Crippen LogP contribution in [0.3, 0.4) is 0 Å². The largest absolute Gasteiger partial charge is 0.481 e. The van der Waals surface area contributed by atoms with E-state index < -0.39 is 5.97 Å². The highest BCUT2D eigenvalue weighted by atomic mass is 16.4. The predicted octanol–water partition coefficient (Wildman–Crippen LogP) is 3.89. The van der Waals surface area contributed by atoms with E-state index in [1.54, 1.807) is 0 Å². The Balaban J connectivity index is 0.000000631. The van der Waals surface area contributed by atoms with E-state index in [4.69, 9.17) is 9.90 Å². The zero-order valence-electron chi connectivity index (χ0n) is 11.5. The minimum Gasteiger partial charge on any atom is -0.481 e. The molecule has 0 saturated heterocycles. The van der Waals surface area contributed by atoms with E-state index in [1.807, 2.05) is 6.08 Å². The lowest BCUT2D eigenvalue weighted by atomic mass is 10.0. The van der Waals surface area contributed by atoms with Crippen LogP contribution in [0.5, 0.6) is 0 Å². The Hall–Kier alpha value is -1.38. The molecule has 0 aliphatic heterocycles. The topological polar surface area (TPSA) is 54.4 Å². The van der Waals surface area contributed by atoms with Gasteiger partial charge in [0.1, 0.15) is 0 Å². The van der Waals surface area contributed by atoms with Crippen LogP contribution in [-0.2, 0) is 9.59 Å². The first kappa shape index (κ1) is 16.6. The first-order valence-electron chi connectivity index (χ1n) is 6.57. The number of hydrogen-bond acceptors (Lipinski definition) is 2. The van der Waals surface area contributed by atoms with Crippen molar-refractivity contribution in [2.45, 2.75) is 58.8 Å². The van der Waals surface area contributed by atoms with Crippen molar-refractivity contribution in [3.63, 3.8) is 0 Å². The van der Waals surface area contributed by atoms with Crippen molar-refractivity contribution >= 4 is 11.8 Å². The van der Waals surface area contributed by atoms with Crippen LogP contribution < -0.4 is 0 Å². The molecule has 1 aliphatic rings. The molecular weight excluding hydrogens is 228 g/mol. The molecule has 0 spiro atoms. The lowest BCUT2D eigenvalue weighted by Crippen LogP contribution is -1.96. The van der Waals surface area contributed by atoms with Crippen LogP contribution in [0, 0.1) is 0 Å². The molecule has 1 rings (SSSR count). The summed E-state index contributed by atoms with van der Waals surface area (Å²) in [4.78, 5) is 20.6. The summed E-state index contributed by atoms with van der Waals surface area (Å²) in [7, 11) is 0. The van der Waals surface area contributed by atoms with Crippen molar-refractivity contribution in [2.75, 3.05) is 0 Å².